The van der Waals surface area contributed by atoms with E-state index in [-0.39, 0.29) is 5.91 Å². The molecule has 0 aliphatic rings. The van der Waals surface area contributed by atoms with Gasteiger partial charge in [0.2, 0.25) is 5.13 Å². The minimum atomic E-state index is -0.471. The summed E-state index contributed by atoms with van der Waals surface area (Å²) in [5.41, 5.74) is 2.27. The summed E-state index contributed by atoms with van der Waals surface area (Å²) >= 11 is 4.82. The van der Waals surface area contributed by atoms with Gasteiger partial charge in [0.25, 0.3) is 5.91 Å². The molecule has 0 unspecified atom stereocenters. The minimum absolute atomic E-state index is 0.355. The second-order valence-electron chi connectivity index (χ2n) is 7.04. The summed E-state index contributed by atoms with van der Waals surface area (Å²) < 4.78 is 12.0. The fourth-order valence-corrected chi connectivity index (χ4v) is 4.57. The van der Waals surface area contributed by atoms with Crippen molar-refractivity contribution in [3.8, 4) is 5.75 Å². The highest BCUT2D eigenvalue weighted by atomic mass is 79.9. The van der Waals surface area contributed by atoms with Crippen LogP contribution in [-0.2, 0) is 4.74 Å². The lowest BCUT2D eigenvalue weighted by Crippen LogP contribution is -2.25. The van der Waals surface area contributed by atoms with Gasteiger partial charge in [0.05, 0.1) is 35.7 Å². The van der Waals surface area contributed by atoms with Crippen molar-refractivity contribution in [2.24, 2.45) is 5.10 Å². The van der Waals surface area contributed by atoms with Crippen LogP contribution in [0.15, 0.2) is 76.3 Å². The summed E-state index contributed by atoms with van der Waals surface area (Å²) in [6.07, 6.45) is 1.60. The normalized spacial score (nSPS) is 11.0. The first-order valence-corrected chi connectivity index (χ1v) is 11.9. The largest absolute Gasteiger partial charge is 0.494 e. The first-order chi connectivity index (χ1) is 16.5. The van der Waals surface area contributed by atoms with Gasteiger partial charge in [-0.3, -0.25) is 4.79 Å². The molecule has 34 heavy (non-hydrogen) atoms. The number of esters is 1. The second-order valence-corrected chi connectivity index (χ2v) is 8.97. The summed E-state index contributed by atoms with van der Waals surface area (Å²) in [5, 5.41) is 6.16. The molecule has 3 aromatic carbocycles. The number of methoxy groups -OCH3 is 1. The summed E-state index contributed by atoms with van der Waals surface area (Å²) in [6, 6.07) is 19.4. The first kappa shape index (κ1) is 23.6. The van der Waals surface area contributed by atoms with Crippen LogP contribution >= 0.6 is 27.3 Å². The van der Waals surface area contributed by atoms with E-state index in [1.165, 1.54) is 23.5 Å². The molecule has 0 bridgehead atoms. The Bertz CT molecular complexity index is 1350. The van der Waals surface area contributed by atoms with Crippen LogP contribution in [0.4, 0.5) is 5.13 Å². The molecule has 1 aromatic heterocycles. The molecule has 0 radical (unpaired) electrons. The van der Waals surface area contributed by atoms with Crippen molar-refractivity contribution in [2.75, 3.05) is 18.7 Å². The van der Waals surface area contributed by atoms with Crippen LogP contribution in [-0.4, -0.2) is 36.8 Å². The van der Waals surface area contributed by atoms with Crippen LogP contribution in [0.2, 0.25) is 0 Å². The molecule has 9 heteroatoms. The zero-order chi connectivity index (χ0) is 24.1. The number of hydrazone groups is 1. The fraction of sp³-hybridized carbons (Fsp3) is 0.120. The Kier molecular flexibility index (Phi) is 7.34. The van der Waals surface area contributed by atoms with Crippen LogP contribution in [0.25, 0.3) is 10.2 Å². The molecule has 0 aliphatic carbocycles. The van der Waals surface area contributed by atoms with E-state index in [1.54, 1.807) is 30.5 Å². The van der Waals surface area contributed by atoms with Crippen molar-refractivity contribution in [1.82, 2.24) is 4.98 Å². The highest BCUT2D eigenvalue weighted by Gasteiger charge is 2.21. The molecule has 0 aliphatic heterocycles. The third-order valence-corrected chi connectivity index (χ3v) is 6.27. The van der Waals surface area contributed by atoms with Crippen LogP contribution in [0.1, 0.15) is 33.2 Å². The number of nitrogens with zero attached hydrogens (tertiary/aromatic N) is 3. The van der Waals surface area contributed by atoms with Crippen molar-refractivity contribution in [2.45, 2.75) is 6.92 Å². The number of thiazole rings is 1. The molecular weight excluding hydrogens is 518 g/mol. The smallest absolute Gasteiger partial charge is 0.337 e. The number of hydrogen-bond acceptors (Lipinski definition) is 7. The third kappa shape index (κ3) is 5.32. The van der Waals surface area contributed by atoms with Gasteiger partial charge in [-0.05, 0) is 79.2 Å². The average Bonchev–Trinajstić information content (AvgIpc) is 3.27. The van der Waals surface area contributed by atoms with Crippen molar-refractivity contribution >= 4 is 60.7 Å². The van der Waals surface area contributed by atoms with E-state index in [4.69, 9.17) is 9.47 Å². The highest BCUT2D eigenvalue weighted by Crippen LogP contribution is 2.32. The van der Waals surface area contributed by atoms with Crippen LogP contribution in [0.3, 0.4) is 0 Å². The predicted molar refractivity (Wildman–Crippen MR) is 137 cm³/mol. The van der Waals surface area contributed by atoms with Gasteiger partial charge >= 0.3 is 5.97 Å². The lowest BCUT2D eigenvalue weighted by atomic mass is 10.1. The van der Waals surface area contributed by atoms with Crippen molar-refractivity contribution in [3.63, 3.8) is 0 Å². The summed E-state index contributed by atoms with van der Waals surface area (Å²) in [4.78, 5) is 29.8. The van der Waals surface area contributed by atoms with Gasteiger partial charge in [-0.2, -0.15) is 10.1 Å². The van der Waals surface area contributed by atoms with E-state index in [0.717, 1.165) is 26.0 Å². The van der Waals surface area contributed by atoms with E-state index in [9.17, 15) is 9.59 Å². The number of carbonyl (C=O) groups is 2. The van der Waals surface area contributed by atoms with E-state index >= 15 is 0 Å². The van der Waals surface area contributed by atoms with E-state index in [1.807, 2.05) is 49.4 Å². The monoisotopic (exact) mass is 537 g/mol. The molecule has 0 saturated carbocycles. The van der Waals surface area contributed by atoms with E-state index in [0.29, 0.717) is 22.9 Å². The summed E-state index contributed by atoms with van der Waals surface area (Å²) in [6.45, 7) is 2.51. The first-order valence-electron chi connectivity index (χ1n) is 10.3. The Morgan fingerprint density at radius 2 is 1.76 bits per heavy atom. The van der Waals surface area contributed by atoms with Crippen molar-refractivity contribution in [1.29, 1.82) is 0 Å². The number of benzene rings is 3. The second kappa shape index (κ2) is 10.6. The van der Waals surface area contributed by atoms with Crippen molar-refractivity contribution in [3.05, 3.63) is 87.9 Å². The zero-order valence-electron chi connectivity index (χ0n) is 18.4. The number of fused-ring (bicyclic) bond motifs is 1. The molecular formula is C25H20BrN3O4S. The molecule has 1 amide bonds. The number of carbonyl (C=O) groups excluding carboxylic acids is 2. The SMILES string of the molecule is CCOc1ccc(/C=N/N(C(=O)c2ccc(C(=O)OC)cc2)c2nc3ccc(Br)cc3s2)cc1. The van der Waals surface area contributed by atoms with E-state index < -0.39 is 5.97 Å². The summed E-state index contributed by atoms with van der Waals surface area (Å²) in [7, 11) is 1.31. The average molecular weight is 538 g/mol. The third-order valence-electron chi connectivity index (χ3n) is 4.78. The maximum absolute atomic E-state index is 13.4. The van der Waals surface area contributed by atoms with Gasteiger partial charge in [0, 0.05) is 10.0 Å². The number of hydrogen-bond donors (Lipinski definition) is 0. The van der Waals surface area contributed by atoms with Gasteiger partial charge in [-0.1, -0.05) is 27.3 Å². The van der Waals surface area contributed by atoms with Crippen LogP contribution in [0.5, 0.6) is 5.75 Å². The Labute approximate surface area is 208 Å². The minimum Gasteiger partial charge on any atom is -0.494 e. The van der Waals surface area contributed by atoms with Gasteiger partial charge in [0.1, 0.15) is 5.75 Å². The highest BCUT2D eigenvalue weighted by molar-refractivity contribution is 9.10. The fourth-order valence-electron chi connectivity index (χ4n) is 3.10. The number of amides is 1. The topological polar surface area (TPSA) is 81.1 Å². The van der Waals surface area contributed by atoms with Gasteiger partial charge in [-0.15, -0.1) is 0 Å². The Morgan fingerprint density at radius 1 is 1.06 bits per heavy atom. The number of anilines is 1. The molecule has 7 nitrogen and oxygen atoms in total. The molecule has 4 aromatic rings. The molecule has 0 fully saturated rings. The Balaban J connectivity index is 1.69. The molecule has 172 valence electrons. The van der Waals surface area contributed by atoms with Crippen LogP contribution in [0, 0.1) is 0 Å². The van der Waals surface area contributed by atoms with Gasteiger partial charge < -0.3 is 9.47 Å². The maximum atomic E-state index is 13.4. The molecule has 0 atom stereocenters. The number of rotatable bonds is 7. The lowest BCUT2D eigenvalue weighted by molar-refractivity contribution is 0.0600. The number of halogens is 1. The molecule has 0 saturated heterocycles. The lowest BCUT2D eigenvalue weighted by Gasteiger charge is -2.14. The quantitative estimate of drug-likeness (QED) is 0.166. The van der Waals surface area contributed by atoms with Gasteiger partial charge in [0.15, 0.2) is 0 Å². The molecule has 4 rings (SSSR count). The predicted octanol–water partition coefficient (Wildman–Crippen LogP) is 5.93. The van der Waals surface area contributed by atoms with Gasteiger partial charge in [-0.25, -0.2) is 9.78 Å². The Hall–Kier alpha value is -3.56. The maximum Gasteiger partial charge on any atom is 0.337 e. The van der Waals surface area contributed by atoms with E-state index in [2.05, 4.69) is 26.0 Å². The number of aromatic nitrogens is 1. The number of ether oxygens (including phenoxy) is 2. The van der Waals surface area contributed by atoms with Crippen molar-refractivity contribution < 1.29 is 19.1 Å². The Morgan fingerprint density at radius 3 is 2.44 bits per heavy atom. The summed E-state index contributed by atoms with van der Waals surface area (Å²) in [5.74, 6) is -0.0899. The standard InChI is InChI=1S/C25H20BrN3O4S/c1-3-33-20-11-4-16(5-12-20)15-27-29(25-28-21-13-10-19(26)14-22(21)34-25)23(30)17-6-8-18(9-7-17)24(31)32-2/h4-15H,3H2,1-2H3/b27-15+. The molecule has 0 spiro atoms. The zero-order valence-corrected chi connectivity index (χ0v) is 20.8. The molecule has 1 heterocycles. The van der Waals surface area contributed by atoms with Crippen LogP contribution < -0.4 is 9.75 Å². The molecule has 0 N–H and O–H groups in total.